The summed E-state index contributed by atoms with van der Waals surface area (Å²) < 4.78 is 7.86. The van der Waals surface area contributed by atoms with Crippen LogP contribution in [0.25, 0.3) is 11.3 Å². The molecule has 0 aliphatic carbocycles. The van der Waals surface area contributed by atoms with Gasteiger partial charge in [0.1, 0.15) is 5.75 Å². The number of aromatic nitrogens is 1. The smallest absolute Gasteiger partial charge is 0.119 e. The van der Waals surface area contributed by atoms with Crippen molar-refractivity contribution in [1.29, 1.82) is 0 Å². The number of unbranched alkanes of at least 4 members (excludes halogenated alkanes) is 3. The minimum atomic E-state index is 0.772. The molecule has 0 spiro atoms. The number of hydrogen-bond acceptors (Lipinski definition) is 3. The van der Waals surface area contributed by atoms with Crippen LogP contribution in [0.5, 0.6) is 5.75 Å². The summed E-state index contributed by atoms with van der Waals surface area (Å²) in [5.74, 6) is 0.886. The molecule has 0 fully saturated rings. The molecule has 0 N–H and O–H groups in total. The van der Waals surface area contributed by atoms with E-state index in [1.165, 1.54) is 30.5 Å². The van der Waals surface area contributed by atoms with Crippen LogP contribution in [0.4, 0.5) is 11.4 Å². The number of aryl methyl sites for hydroxylation is 1. The van der Waals surface area contributed by atoms with Gasteiger partial charge in [0, 0.05) is 18.9 Å². The van der Waals surface area contributed by atoms with Gasteiger partial charge in [0.05, 0.1) is 18.0 Å². The summed E-state index contributed by atoms with van der Waals surface area (Å²) in [4.78, 5) is 0. The third-order valence-electron chi connectivity index (χ3n) is 4.49. The standard InChI is InChI=1S/C23H27N3O/c1-3-4-5-6-18-27-22-15-13-21(14-16-22)25-24-20-11-9-19(10-12-20)23-8-7-17-26(23)2/h7-17H,3-6,18H2,1-2H3. The fraction of sp³-hybridized carbons (Fsp3) is 0.304. The van der Waals surface area contributed by atoms with Crippen LogP contribution in [-0.2, 0) is 7.05 Å². The molecule has 1 heterocycles. The maximum Gasteiger partial charge on any atom is 0.119 e. The summed E-state index contributed by atoms with van der Waals surface area (Å²) >= 11 is 0. The Kier molecular flexibility index (Phi) is 6.80. The molecule has 2 aromatic carbocycles. The van der Waals surface area contributed by atoms with Gasteiger partial charge in [0.15, 0.2) is 0 Å². The zero-order chi connectivity index (χ0) is 18.9. The Morgan fingerprint density at radius 1 is 0.815 bits per heavy atom. The first kappa shape index (κ1) is 18.9. The number of azo groups is 1. The van der Waals surface area contributed by atoms with Gasteiger partial charge in [-0.3, -0.25) is 0 Å². The van der Waals surface area contributed by atoms with Gasteiger partial charge in [0.25, 0.3) is 0 Å². The zero-order valence-corrected chi connectivity index (χ0v) is 16.1. The molecular weight excluding hydrogens is 334 g/mol. The second kappa shape index (κ2) is 9.72. The molecule has 4 heteroatoms. The van der Waals surface area contributed by atoms with Crippen molar-refractivity contribution in [2.75, 3.05) is 6.61 Å². The largest absolute Gasteiger partial charge is 0.494 e. The summed E-state index contributed by atoms with van der Waals surface area (Å²) in [7, 11) is 2.04. The predicted molar refractivity (Wildman–Crippen MR) is 111 cm³/mol. The monoisotopic (exact) mass is 361 g/mol. The van der Waals surface area contributed by atoms with Gasteiger partial charge in [-0.05, 0) is 60.5 Å². The van der Waals surface area contributed by atoms with Crippen LogP contribution in [0.3, 0.4) is 0 Å². The minimum Gasteiger partial charge on any atom is -0.494 e. The summed E-state index contributed by atoms with van der Waals surface area (Å²) in [5, 5.41) is 8.64. The Morgan fingerprint density at radius 3 is 2.07 bits per heavy atom. The molecule has 4 nitrogen and oxygen atoms in total. The molecule has 0 aliphatic rings. The molecule has 0 amide bonds. The molecule has 0 saturated carbocycles. The molecular formula is C23H27N3O. The van der Waals surface area contributed by atoms with Crippen molar-refractivity contribution in [2.45, 2.75) is 32.6 Å². The highest BCUT2D eigenvalue weighted by Crippen LogP contribution is 2.25. The minimum absolute atomic E-state index is 0.772. The van der Waals surface area contributed by atoms with Gasteiger partial charge in [-0.25, -0.2) is 0 Å². The van der Waals surface area contributed by atoms with Crippen molar-refractivity contribution in [3.63, 3.8) is 0 Å². The van der Waals surface area contributed by atoms with Crippen molar-refractivity contribution in [3.05, 3.63) is 66.9 Å². The van der Waals surface area contributed by atoms with E-state index in [9.17, 15) is 0 Å². The molecule has 3 rings (SSSR count). The van der Waals surface area contributed by atoms with Gasteiger partial charge in [-0.15, -0.1) is 0 Å². The summed E-state index contributed by atoms with van der Waals surface area (Å²) in [5.41, 5.74) is 4.01. The van der Waals surface area contributed by atoms with Crippen LogP contribution in [0.15, 0.2) is 77.1 Å². The predicted octanol–water partition coefficient (Wildman–Crippen LogP) is 7.07. The van der Waals surface area contributed by atoms with Gasteiger partial charge in [-0.2, -0.15) is 10.2 Å². The van der Waals surface area contributed by atoms with E-state index in [1.807, 2.05) is 55.7 Å². The third kappa shape index (κ3) is 5.55. The second-order valence-electron chi connectivity index (χ2n) is 6.65. The maximum atomic E-state index is 5.75. The number of ether oxygens (including phenoxy) is 1. The topological polar surface area (TPSA) is 38.9 Å². The fourth-order valence-corrected chi connectivity index (χ4v) is 2.90. The normalized spacial score (nSPS) is 11.2. The van der Waals surface area contributed by atoms with E-state index in [4.69, 9.17) is 4.74 Å². The molecule has 1 aromatic heterocycles. The van der Waals surface area contributed by atoms with Crippen LogP contribution in [0.1, 0.15) is 32.6 Å². The van der Waals surface area contributed by atoms with Crippen LogP contribution in [0, 0.1) is 0 Å². The van der Waals surface area contributed by atoms with E-state index in [0.29, 0.717) is 0 Å². The Morgan fingerprint density at radius 2 is 1.48 bits per heavy atom. The molecule has 0 radical (unpaired) electrons. The summed E-state index contributed by atoms with van der Waals surface area (Å²) in [6, 6.07) is 20.0. The van der Waals surface area contributed by atoms with E-state index < -0.39 is 0 Å². The first-order valence-corrected chi connectivity index (χ1v) is 9.62. The molecule has 140 valence electrons. The second-order valence-corrected chi connectivity index (χ2v) is 6.65. The lowest BCUT2D eigenvalue weighted by molar-refractivity contribution is 0.305. The first-order chi connectivity index (χ1) is 13.3. The fourth-order valence-electron chi connectivity index (χ4n) is 2.90. The lowest BCUT2D eigenvalue weighted by Gasteiger charge is -2.05. The Labute approximate surface area is 161 Å². The summed E-state index contributed by atoms with van der Waals surface area (Å²) in [6.07, 6.45) is 6.89. The average Bonchev–Trinajstić information content (AvgIpc) is 3.13. The van der Waals surface area contributed by atoms with E-state index in [-0.39, 0.29) is 0 Å². The molecule has 0 bridgehead atoms. The zero-order valence-electron chi connectivity index (χ0n) is 16.1. The molecule has 27 heavy (non-hydrogen) atoms. The van der Waals surface area contributed by atoms with Crippen molar-refractivity contribution < 1.29 is 4.74 Å². The van der Waals surface area contributed by atoms with Gasteiger partial charge in [-0.1, -0.05) is 38.3 Å². The summed E-state index contributed by atoms with van der Waals surface area (Å²) in [6.45, 7) is 2.99. The third-order valence-corrected chi connectivity index (χ3v) is 4.49. The quantitative estimate of drug-likeness (QED) is 0.297. The molecule has 0 saturated heterocycles. The molecule has 3 aromatic rings. The van der Waals surface area contributed by atoms with E-state index in [2.05, 4.69) is 39.9 Å². The van der Waals surface area contributed by atoms with E-state index >= 15 is 0 Å². The van der Waals surface area contributed by atoms with Crippen molar-refractivity contribution in [3.8, 4) is 17.0 Å². The molecule has 0 atom stereocenters. The molecule has 0 unspecified atom stereocenters. The highest BCUT2D eigenvalue weighted by atomic mass is 16.5. The number of hydrogen-bond donors (Lipinski definition) is 0. The lowest BCUT2D eigenvalue weighted by Crippen LogP contribution is -1.96. The van der Waals surface area contributed by atoms with Crippen LogP contribution in [0.2, 0.25) is 0 Å². The van der Waals surface area contributed by atoms with Crippen LogP contribution >= 0.6 is 0 Å². The lowest BCUT2D eigenvalue weighted by atomic mass is 10.1. The van der Waals surface area contributed by atoms with Gasteiger partial charge >= 0.3 is 0 Å². The number of nitrogens with zero attached hydrogens (tertiary/aromatic N) is 3. The number of rotatable bonds is 9. The van der Waals surface area contributed by atoms with Crippen LogP contribution in [-0.4, -0.2) is 11.2 Å². The first-order valence-electron chi connectivity index (χ1n) is 9.62. The van der Waals surface area contributed by atoms with Crippen molar-refractivity contribution in [1.82, 2.24) is 4.57 Å². The van der Waals surface area contributed by atoms with Crippen molar-refractivity contribution in [2.24, 2.45) is 17.3 Å². The van der Waals surface area contributed by atoms with Crippen LogP contribution < -0.4 is 4.74 Å². The highest BCUT2D eigenvalue weighted by Gasteiger charge is 2.01. The maximum absolute atomic E-state index is 5.75. The number of benzene rings is 2. The average molecular weight is 361 g/mol. The highest BCUT2D eigenvalue weighted by molar-refractivity contribution is 5.62. The Balaban J connectivity index is 1.54. The Hall–Kier alpha value is -2.88. The van der Waals surface area contributed by atoms with Gasteiger partial charge < -0.3 is 9.30 Å². The van der Waals surface area contributed by atoms with E-state index in [1.54, 1.807) is 0 Å². The molecule has 0 aliphatic heterocycles. The Bertz CT molecular complexity index is 848. The van der Waals surface area contributed by atoms with Gasteiger partial charge in [0.2, 0.25) is 0 Å². The SMILES string of the molecule is CCCCCCOc1ccc(N=Nc2ccc(-c3cccn3C)cc2)cc1. The van der Waals surface area contributed by atoms with E-state index in [0.717, 1.165) is 30.2 Å². The van der Waals surface area contributed by atoms with Crippen molar-refractivity contribution >= 4 is 11.4 Å².